The first-order chi connectivity index (χ1) is 12.3. The van der Waals surface area contributed by atoms with Gasteiger partial charge in [-0.25, -0.2) is 22.3 Å². The van der Waals surface area contributed by atoms with Crippen molar-refractivity contribution in [3.63, 3.8) is 0 Å². The highest BCUT2D eigenvalue weighted by molar-refractivity contribution is 7.88. The number of benzene rings is 2. The predicted molar refractivity (Wildman–Crippen MR) is 96.1 cm³/mol. The van der Waals surface area contributed by atoms with Gasteiger partial charge in [-0.1, -0.05) is 29.8 Å². The van der Waals surface area contributed by atoms with Crippen LogP contribution in [0.15, 0.2) is 48.5 Å². The number of hydrogen-bond donors (Lipinski definition) is 1. The maximum atomic E-state index is 12.9. The van der Waals surface area contributed by atoms with Crippen LogP contribution in [0.1, 0.15) is 5.56 Å². The monoisotopic (exact) mass is 398 g/mol. The first-order valence-corrected chi connectivity index (χ1v) is 9.81. The quantitative estimate of drug-likeness (QED) is 0.811. The number of amides is 1. The van der Waals surface area contributed by atoms with Gasteiger partial charge in [0.05, 0.1) is 12.3 Å². The Labute approximate surface area is 155 Å². The fourth-order valence-corrected chi connectivity index (χ4v) is 3.91. The lowest BCUT2D eigenvalue weighted by Crippen LogP contribution is -2.35. The van der Waals surface area contributed by atoms with Crippen molar-refractivity contribution in [1.82, 2.24) is 4.72 Å². The van der Waals surface area contributed by atoms with Crippen LogP contribution in [0, 0.1) is 5.82 Å². The minimum absolute atomic E-state index is 0.0493. The highest BCUT2D eigenvalue weighted by Crippen LogP contribution is 2.24. The minimum Gasteiger partial charge on any atom is -0.443 e. The summed E-state index contributed by atoms with van der Waals surface area (Å²) in [7, 11) is -3.64. The molecule has 2 aromatic carbocycles. The molecule has 138 valence electrons. The summed E-state index contributed by atoms with van der Waals surface area (Å²) in [6, 6.07) is 12.0. The molecule has 0 spiro atoms. The molecule has 0 aromatic heterocycles. The lowest BCUT2D eigenvalue weighted by Gasteiger charge is -2.13. The number of carbonyl (C=O) groups excluding carboxylic acids is 1. The van der Waals surface area contributed by atoms with E-state index in [9.17, 15) is 17.6 Å². The molecule has 1 fully saturated rings. The summed E-state index contributed by atoms with van der Waals surface area (Å²) in [5.74, 6) is -0.718. The second kappa shape index (κ2) is 7.61. The van der Waals surface area contributed by atoms with Gasteiger partial charge >= 0.3 is 6.09 Å². The second-order valence-corrected chi connectivity index (χ2v) is 8.07. The van der Waals surface area contributed by atoms with E-state index in [0.717, 1.165) is 0 Å². The lowest BCUT2D eigenvalue weighted by molar-refractivity contribution is 0.143. The van der Waals surface area contributed by atoms with Crippen LogP contribution in [-0.2, 0) is 20.5 Å². The van der Waals surface area contributed by atoms with Crippen LogP contribution in [0.4, 0.5) is 14.9 Å². The van der Waals surface area contributed by atoms with Crippen molar-refractivity contribution in [1.29, 1.82) is 0 Å². The van der Waals surface area contributed by atoms with Crippen LogP contribution in [0.25, 0.3) is 0 Å². The van der Waals surface area contributed by atoms with Crippen molar-refractivity contribution in [3.8, 4) is 0 Å². The Morgan fingerprint density at radius 3 is 2.65 bits per heavy atom. The van der Waals surface area contributed by atoms with Gasteiger partial charge in [0, 0.05) is 17.3 Å². The van der Waals surface area contributed by atoms with Gasteiger partial charge in [-0.05, 0) is 35.9 Å². The first kappa shape index (κ1) is 18.6. The Morgan fingerprint density at radius 2 is 1.96 bits per heavy atom. The molecule has 9 heteroatoms. The first-order valence-electron chi connectivity index (χ1n) is 7.78. The van der Waals surface area contributed by atoms with Crippen LogP contribution in [0.2, 0.25) is 5.02 Å². The molecule has 1 heterocycles. The largest absolute Gasteiger partial charge is 0.443 e. The summed E-state index contributed by atoms with van der Waals surface area (Å²) in [5.41, 5.74) is 1.04. The number of ether oxygens (including phenoxy) is 1. The van der Waals surface area contributed by atoms with E-state index in [1.165, 1.54) is 29.2 Å². The summed E-state index contributed by atoms with van der Waals surface area (Å²) >= 11 is 5.92. The van der Waals surface area contributed by atoms with Gasteiger partial charge in [0.15, 0.2) is 0 Å². The van der Waals surface area contributed by atoms with E-state index >= 15 is 0 Å². The molecule has 3 rings (SSSR count). The zero-order valence-corrected chi connectivity index (χ0v) is 15.1. The molecule has 1 saturated heterocycles. The third-order valence-corrected chi connectivity index (χ3v) is 5.35. The van der Waals surface area contributed by atoms with Crippen LogP contribution in [-0.4, -0.2) is 33.7 Å². The summed E-state index contributed by atoms with van der Waals surface area (Å²) in [6.07, 6.45) is -1.18. The third kappa shape index (κ3) is 4.72. The molecule has 0 aliphatic carbocycles. The van der Waals surface area contributed by atoms with E-state index in [-0.39, 0.29) is 18.8 Å². The number of sulfonamides is 1. The van der Waals surface area contributed by atoms with Crippen molar-refractivity contribution >= 4 is 33.4 Å². The number of rotatable bonds is 6. The molecule has 0 bridgehead atoms. The number of halogens is 2. The number of carbonyl (C=O) groups is 1. The minimum atomic E-state index is -3.64. The molecule has 1 aliphatic rings. The van der Waals surface area contributed by atoms with E-state index in [2.05, 4.69) is 4.72 Å². The summed E-state index contributed by atoms with van der Waals surface area (Å²) in [6.45, 7) is 0.157. The smallest absolute Gasteiger partial charge is 0.414 e. The molecule has 1 N–H and O–H groups in total. The fourth-order valence-electron chi connectivity index (χ4n) is 2.55. The van der Waals surface area contributed by atoms with Crippen LogP contribution in [0.5, 0.6) is 0 Å². The molecule has 0 saturated carbocycles. The van der Waals surface area contributed by atoms with Crippen molar-refractivity contribution in [2.24, 2.45) is 0 Å². The molecule has 6 nitrogen and oxygen atoms in total. The van der Waals surface area contributed by atoms with Crippen molar-refractivity contribution in [2.75, 3.05) is 18.0 Å². The number of anilines is 1. The summed E-state index contributed by atoms with van der Waals surface area (Å²) < 4.78 is 44.8. The predicted octanol–water partition coefficient (Wildman–Crippen LogP) is 2.92. The highest BCUT2D eigenvalue weighted by atomic mass is 35.5. The molecule has 26 heavy (non-hydrogen) atoms. The Balaban J connectivity index is 1.58. The van der Waals surface area contributed by atoms with Crippen LogP contribution in [0.3, 0.4) is 0 Å². The summed E-state index contributed by atoms with van der Waals surface area (Å²) in [4.78, 5) is 13.4. The molecule has 1 aliphatic heterocycles. The second-order valence-electron chi connectivity index (χ2n) is 5.83. The normalized spacial score (nSPS) is 17.4. The van der Waals surface area contributed by atoms with Gasteiger partial charge in [0.1, 0.15) is 11.9 Å². The topological polar surface area (TPSA) is 75.7 Å². The molecule has 0 radical (unpaired) electrons. The van der Waals surface area contributed by atoms with E-state index in [0.29, 0.717) is 16.3 Å². The van der Waals surface area contributed by atoms with E-state index in [4.69, 9.17) is 16.3 Å². The standard InChI is InChI=1S/C17H16ClFN2O4S/c18-13-2-1-3-15(8-13)21-10-16(25-17(21)22)9-20-26(23,24)11-12-4-6-14(19)7-5-12/h1-8,16,20H,9-11H2. The zero-order valence-electron chi connectivity index (χ0n) is 13.6. The molecule has 2 aromatic rings. The van der Waals surface area contributed by atoms with Crippen molar-refractivity contribution in [2.45, 2.75) is 11.9 Å². The number of hydrogen-bond acceptors (Lipinski definition) is 4. The van der Waals surface area contributed by atoms with Gasteiger partial charge in [-0.15, -0.1) is 0 Å². The highest BCUT2D eigenvalue weighted by Gasteiger charge is 2.33. The van der Waals surface area contributed by atoms with Crippen molar-refractivity contribution in [3.05, 3.63) is 64.9 Å². The van der Waals surface area contributed by atoms with E-state index < -0.39 is 28.0 Å². The SMILES string of the molecule is O=C1OC(CNS(=O)(=O)Cc2ccc(F)cc2)CN1c1cccc(Cl)c1. The van der Waals surface area contributed by atoms with Crippen molar-refractivity contribution < 1.29 is 22.3 Å². The zero-order chi connectivity index (χ0) is 18.7. The maximum Gasteiger partial charge on any atom is 0.414 e. The average molecular weight is 399 g/mol. The van der Waals surface area contributed by atoms with Crippen LogP contribution >= 0.6 is 11.6 Å². The Kier molecular flexibility index (Phi) is 5.45. The Morgan fingerprint density at radius 1 is 1.23 bits per heavy atom. The third-order valence-electron chi connectivity index (χ3n) is 3.79. The fraction of sp³-hybridized carbons (Fsp3) is 0.235. The van der Waals surface area contributed by atoms with Gasteiger partial charge in [0.25, 0.3) is 0 Å². The molecule has 1 unspecified atom stereocenters. The number of nitrogens with zero attached hydrogens (tertiary/aromatic N) is 1. The van der Waals surface area contributed by atoms with Gasteiger partial charge in [-0.2, -0.15) is 0 Å². The van der Waals surface area contributed by atoms with E-state index in [1.54, 1.807) is 24.3 Å². The Hall–Kier alpha value is -2.16. The lowest BCUT2D eigenvalue weighted by atomic mass is 10.2. The average Bonchev–Trinajstić information content (AvgIpc) is 2.96. The van der Waals surface area contributed by atoms with Gasteiger partial charge in [0.2, 0.25) is 10.0 Å². The molecular weight excluding hydrogens is 383 g/mol. The number of nitrogens with one attached hydrogen (secondary N) is 1. The number of cyclic esters (lactones) is 1. The molecule has 1 atom stereocenters. The summed E-state index contributed by atoms with van der Waals surface area (Å²) in [5, 5.41) is 0.485. The van der Waals surface area contributed by atoms with Crippen LogP contribution < -0.4 is 9.62 Å². The molecule has 1 amide bonds. The molecular formula is C17H16ClFN2O4S. The van der Waals surface area contributed by atoms with Gasteiger partial charge in [-0.3, -0.25) is 4.90 Å². The maximum absolute atomic E-state index is 12.9. The van der Waals surface area contributed by atoms with E-state index in [1.807, 2.05) is 0 Å². The Bertz CT molecular complexity index is 905. The van der Waals surface area contributed by atoms with Gasteiger partial charge < -0.3 is 4.74 Å².